The van der Waals surface area contributed by atoms with Gasteiger partial charge in [0.05, 0.1) is 6.61 Å². The summed E-state index contributed by atoms with van der Waals surface area (Å²) in [6.45, 7) is 4.59. The van der Waals surface area contributed by atoms with Gasteiger partial charge in [-0.05, 0) is 66.8 Å². The number of pyridine rings is 1. The molecule has 0 fully saturated rings. The Morgan fingerprint density at radius 3 is 2.65 bits per heavy atom. The number of aryl methyl sites for hydroxylation is 1. The van der Waals surface area contributed by atoms with Gasteiger partial charge >= 0.3 is 0 Å². The highest BCUT2D eigenvalue weighted by atomic mass is 16.5. The third-order valence-corrected chi connectivity index (χ3v) is 6.43. The maximum Gasteiger partial charge on any atom is 0.243 e. The smallest absolute Gasteiger partial charge is 0.243 e. The zero-order valence-electron chi connectivity index (χ0n) is 21.7. The fourth-order valence-electron chi connectivity index (χ4n) is 4.43. The number of hydrogen-bond acceptors (Lipinski definition) is 3. The van der Waals surface area contributed by atoms with Gasteiger partial charge in [0.1, 0.15) is 5.75 Å². The third kappa shape index (κ3) is 7.81. The van der Waals surface area contributed by atoms with E-state index in [9.17, 15) is 4.79 Å². The molecule has 0 unspecified atom stereocenters. The Morgan fingerprint density at radius 2 is 1.84 bits per heavy atom. The molecule has 2 aromatic carbocycles. The minimum absolute atomic E-state index is 0.0618. The first-order chi connectivity index (χ1) is 18.2. The molecule has 0 aliphatic rings. The number of benzene rings is 2. The predicted octanol–water partition coefficient (Wildman–Crippen LogP) is 7.27. The maximum atomic E-state index is 12.0. The topological polar surface area (TPSA) is 56.1 Å². The van der Waals surface area contributed by atoms with E-state index in [0.29, 0.717) is 6.54 Å². The first-order valence-corrected chi connectivity index (χ1v) is 13.4. The number of amides is 1. The van der Waals surface area contributed by atoms with E-state index in [2.05, 4.69) is 76.4 Å². The Balaban J connectivity index is 1.29. The maximum absolute atomic E-state index is 12.0. The monoisotopic (exact) mass is 495 g/mol. The molecule has 5 heteroatoms. The molecule has 0 spiro atoms. The highest BCUT2D eigenvalue weighted by Crippen LogP contribution is 2.31. The molecule has 0 aliphatic heterocycles. The Hall–Kier alpha value is -3.86. The van der Waals surface area contributed by atoms with Crippen LogP contribution in [0.5, 0.6) is 5.75 Å². The van der Waals surface area contributed by atoms with Gasteiger partial charge < -0.3 is 14.6 Å². The summed E-state index contributed by atoms with van der Waals surface area (Å²) >= 11 is 0. The van der Waals surface area contributed by atoms with E-state index in [1.165, 1.54) is 22.2 Å². The highest BCUT2D eigenvalue weighted by molar-refractivity contribution is 5.91. The Labute approximate surface area is 220 Å². The second-order valence-corrected chi connectivity index (χ2v) is 9.29. The van der Waals surface area contributed by atoms with Crippen LogP contribution in [-0.4, -0.2) is 28.6 Å². The van der Waals surface area contributed by atoms with Crippen LogP contribution < -0.4 is 10.1 Å². The van der Waals surface area contributed by atoms with E-state index in [0.717, 1.165) is 63.0 Å². The molecule has 4 aromatic rings. The van der Waals surface area contributed by atoms with Crippen LogP contribution >= 0.6 is 0 Å². The number of carbonyl (C=O) groups is 1. The van der Waals surface area contributed by atoms with Gasteiger partial charge in [0.15, 0.2) is 0 Å². The van der Waals surface area contributed by atoms with E-state index < -0.39 is 0 Å². The average Bonchev–Trinajstić information content (AvgIpc) is 3.30. The molecule has 0 bridgehead atoms. The van der Waals surface area contributed by atoms with E-state index in [1.54, 1.807) is 24.5 Å². The molecule has 0 saturated heterocycles. The van der Waals surface area contributed by atoms with E-state index >= 15 is 0 Å². The predicted molar refractivity (Wildman–Crippen MR) is 153 cm³/mol. The van der Waals surface area contributed by atoms with Gasteiger partial charge in [-0.1, -0.05) is 62.6 Å². The Bertz CT molecular complexity index is 1280. The van der Waals surface area contributed by atoms with Crippen LogP contribution in [0.3, 0.4) is 0 Å². The first kappa shape index (κ1) is 26.2. The van der Waals surface area contributed by atoms with Crippen molar-refractivity contribution in [2.24, 2.45) is 0 Å². The third-order valence-electron chi connectivity index (χ3n) is 6.43. The number of nitrogens with one attached hydrogen (secondary N) is 1. The van der Waals surface area contributed by atoms with Gasteiger partial charge in [0.25, 0.3) is 0 Å². The molecule has 0 atom stereocenters. The van der Waals surface area contributed by atoms with Crippen LogP contribution in [0.1, 0.15) is 51.0 Å². The summed E-state index contributed by atoms with van der Waals surface area (Å²) < 4.78 is 8.39. The lowest BCUT2D eigenvalue weighted by molar-refractivity contribution is -0.116. The normalized spacial score (nSPS) is 11.3. The van der Waals surface area contributed by atoms with Crippen LogP contribution in [0.4, 0.5) is 0 Å². The van der Waals surface area contributed by atoms with E-state index in [-0.39, 0.29) is 5.91 Å². The summed E-state index contributed by atoms with van der Waals surface area (Å²) in [7, 11) is 0. The Morgan fingerprint density at radius 1 is 0.973 bits per heavy atom. The van der Waals surface area contributed by atoms with Crippen molar-refractivity contribution in [2.45, 2.75) is 52.0 Å². The minimum Gasteiger partial charge on any atom is -0.494 e. The summed E-state index contributed by atoms with van der Waals surface area (Å²) in [5, 5.41) is 4.19. The molecule has 4 rings (SSSR count). The van der Waals surface area contributed by atoms with E-state index in [1.807, 2.05) is 12.1 Å². The van der Waals surface area contributed by atoms with Gasteiger partial charge in [-0.15, -0.1) is 0 Å². The van der Waals surface area contributed by atoms with Crippen molar-refractivity contribution >= 4 is 22.9 Å². The van der Waals surface area contributed by atoms with Crippen molar-refractivity contribution < 1.29 is 9.53 Å². The molecule has 2 heterocycles. The number of fused-ring (bicyclic) bond motifs is 1. The summed E-state index contributed by atoms with van der Waals surface area (Å²) in [4.78, 5) is 16.1. The second kappa shape index (κ2) is 14.0. The zero-order valence-corrected chi connectivity index (χ0v) is 21.7. The lowest BCUT2D eigenvalue weighted by Crippen LogP contribution is -2.21. The minimum atomic E-state index is -0.0618. The molecular formula is C32H37N3O2. The van der Waals surface area contributed by atoms with Crippen LogP contribution in [-0.2, 0) is 11.3 Å². The molecule has 2 aromatic heterocycles. The summed E-state index contributed by atoms with van der Waals surface area (Å²) in [5.74, 6) is 0.878. The number of unbranched alkanes of at least 4 members (excludes halogenated alkanes) is 4. The van der Waals surface area contributed by atoms with Crippen molar-refractivity contribution in [1.82, 2.24) is 14.9 Å². The number of carbonyl (C=O) groups excluding carboxylic acids is 1. The van der Waals surface area contributed by atoms with Crippen molar-refractivity contribution in [3.8, 4) is 17.0 Å². The molecule has 192 valence electrons. The largest absolute Gasteiger partial charge is 0.494 e. The summed E-state index contributed by atoms with van der Waals surface area (Å²) in [5.41, 5.74) is 4.64. The molecule has 5 nitrogen and oxygen atoms in total. The van der Waals surface area contributed by atoms with E-state index in [4.69, 9.17) is 4.74 Å². The standard InChI is InChI=1S/C32H37N3O2/c1-2-3-22-37-29-16-17-30-28(23-29)24-31(27-13-7-6-8-14-27)35(30)21-10-5-4-9-20-34-32(36)18-15-26-12-11-19-33-25-26/h6-8,11-19,23-25H,2-5,9-10,20-22H2,1H3,(H,34,36)/b18-15+. The second-order valence-electron chi connectivity index (χ2n) is 9.29. The number of nitrogens with zero attached hydrogens (tertiary/aromatic N) is 2. The van der Waals surface area contributed by atoms with Gasteiger partial charge in [-0.25, -0.2) is 0 Å². The fraction of sp³-hybridized carbons (Fsp3) is 0.312. The lowest BCUT2D eigenvalue weighted by Gasteiger charge is -2.12. The SMILES string of the molecule is CCCCOc1ccc2c(c1)cc(-c1ccccc1)n2CCCCCCNC(=O)/C=C/c1cccnc1. The quantitative estimate of drug-likeness (QED) is 0.148. The number of hydrogen-bond donors (Lipinski definition) is 1. The van der Waals surface area contributed by atoms with Crippen molar-refractivity contribution in [2.75, 3.05) is 13.2 Å². The van der Waals surface area contributed by atoms with Crippen molar-refractivity contribution in [3.63, 3.8) is 0 Å². The highest BCUT2D eigenvalue weighted by Gasteiger charge is 2.11. The lowest BCUT2D eigenvalue weighted by atomic mass is 10.1. The zero-order chi connectivity index (χ0) is 25.7. The first-order valence-electron chi connectivity index (χ1n) is 13.4. The number of rotatable bonds is 14. The number of ether oxygens (including phenoxy) is 1. The molecule has 1 amide bonds. The Kier molecular flexibility index (Phi) is 9.94. The van der Waals surface area contributed by atoms with Gasteiger partial charge in [0.2, 0.25) is 5.91 Å². The van der Waals surface area contributed by atoms with Crippen molar-refractivity contribution in [3.05, 3.63) is 90.8 Å². The molecule has 37 heavy (non-hydrogen) atoms. The molecule has 1 N–H and O–H groups in total. The van der Waals surface area contributed by atoms with Crippen LogP contribution in [0.25, 0.3) is 28.2 Å². The average molecular weight is 496 g/mol. The molecule has 0 radical (unpaired) electrons. The van der Waals surface area contributed by atoms with Crippen LogP contribution in [0, 0.1) is 0 Å². The van der Waals surface area contributed by atoms with Crippen LogP contribution in [0.15, 0.2) is 85.2 Å². The van der Waals surface area contributed by atoms with Crippen molar-refractivity contribution in [1.29, 1.82) is 0 Å². The fourth-order valence-corrected chi connectivity index (χ4v) is 4.43. The number of aromatic nitrogens is 2. The molecular weight excluding hydrogens is 458 g/mol. The summed E-state index contributed by atoms with van der Waals surface area (Å²) in [6.07, 6.45) is 13.3. The molecule has 0 saturated carbocycles. The van der Waals surface area contributed by atoms with Gasteiger partial charge in [0, 0.05) is 48.2 Å². The van der Waals surface area contributed by atoms with Gasteiger partial charge in [-0.3, -0.25) is 9.78 Å². The summed E-state index contributed by atoms with van der Waals surface area (Å²) in [6, 6.07) is 23.1. The van der Waals surface area contributed by atoms with Gasteiger partial charge in [-0.2, -0.15) is 0 Å². The van der Waals surface area contributed by atoms with Crippen LogP contribution in [0.2, 0.25) is 0 Å². The molecule has 0 aliphatic carbocycles.